The van der Waals surface area contributed by atoms with Gasteiger partial charge in [0.2, 0.25) is 5.89 Å². The fourth-order valence-electron chi connectivity index (χ4n) is 2.58. The Balaban J connectivity index is 1.56. The van der Waals surface area contributed by atoms with Crippen LogP contribution in [0, 0.1) is 0 Å². The van der Waals surface area contributed by atoms with E-state index in [1.54, 1.807) is 0 Å². The van der Waals surface area contributed by atoms with Crippen molar-refractivity contribution < 1.29 is 4.52 Å². The van der Waals surface area contributed by atoms with Gasteiger partial charge in [-0.05, 0) is 32.2 Å². The zero-order valence-electron chi connectivity index (χ0n) is 10.1. The van der Waals surface area contributed by atoms with E-state index in [-0.39, 0.29) is 0 Å². The minimum atomic E-state index is 0.646. The van der Waals surface area contributed by atoms with Crippen molar-refractivity contribution in [2.75, 3.05) is 13.1 Å². The molecule has 1 atom stereocenters. The molecule has 1 saturated heterocycles. The largest absolute Gasteiger partial charge is 0.338 e. The molecule has 1 N–H and O–H groups in total. The molecule has 2 aliphatic rings. The van der Waals surface area contributed by atoms with E-state index in [0.29, 0.717) is 6.04 Å². The predicted molar refractivity (Wildman–Crippen MR) is 63.4 cm³/mol. The van der Waals surface area contributed by atoms with Crippen LogP contribution in [-0.4, -0.2) is 40.2 Å². The molecule has 0 aromatic carbocycles. The maximum Gasteiger partial charge on any atom is 0.240 e. The van der Waals surface area contributed by atoms with E-state index in [1.807, 2.05) is 0 Å². The normalized spacial score (nSPS) is 25.4. The third kappa shape index (κ3) is 3.04. The summed E-state index contributed by atoms with van der Waals surface area (Å²) >= 11 is 0. The van der Waals surface area contributed by atoms with Crippen molar-refractivity contribution in [3.05, 3.63) is 12.2 Å². The summed E-state index contributed by atoms with van der Waals surface area (Å²) in [7, 11) is 0. The third-order valence-electron chi connectivity index (χ3n) is 3.68. The molecule has 2 fully saturated rings. The lowest BCUT2D eigenvalue weighted by Gasteiger charge is -2.29. The van der Waals surface area contributed by atoms with Crippen molar-refractivity contribution in [2.45, 2.75) is 50.7 Å². The summed E-state index contributed by atoms with van der Waals surface area (Å²) in [6, 6.07) is 1.39. The van der Waals surface area contributed by atoms with Gasteiger partial charge in [-0.1, -0.05) is 11.6 Å². The van der Waals surface area contributed by atoms with Crippen molar-refractivity contribution in [2.24, 2.45) is 0 Å². The molecule has 0 radical (unpaired) electrons. The number of rotatable bonds is 5. The molecule has 3 rings (SSSR count). The highest BCUT2D eigenvalue weighted by atomic mass is 16.5. The van der Waals surface area contributed by atoms with Crippen LogP contribution in [0.15, 0.2) is 10.9 Å². The minimum Gasteiger partial charge on any atom is -0.338 e. The molecule has 0 spiro atoms. The molecule has 94 valence electrons. The van der Waals surface area contributed by atoms with Gasteiger partial charge in [0, 0.05) is 18.6 Å². The highest BCUT2D eigenvalue weighted by Crippen LogP contribution is 2.28. The number of hydrogen-bond acceptors (Lipinski definition) is 5. The molecule has 1 aromatic rings. The zero-order valence-corrected chi connectivity index (χ0v) is 10.1. The SMILES string of the molecule is c1noc(CN(CC2CCCCN2)C2CC2)n1. The molecule has 2 heterocycles. The summed E-state index contributed by atoms with van der Waals surface area (Å²) in [6.07, 6.45) is 8.11. The zero-order chi connectivity index (χ0) is 11.5. The second-order valence-electron chi connectivity index (χ2n) is 5.14. The fourth-order valence-corrected chi connectivity index (χ4v) is 2.58. The molecule has 5 nitrogen and oxygen atoms in total. The lowest BCUT2D eigenvalue weighted by molar-refractivity contribution is 0.185. The second kappa shape index (κ2) is 5.14. The highest BCUT2D eigenvalue weighted by Gasteiger charge is 2.31. The quantitative estimate of drug-likeness (QED) is 0.832. The van der Waals surface area contributed by atoms with Gasteiger partial charge in [-0.25, -0.2) is 0 Å². The molecule has 1 aliphatic heterocycles. The molecule has 1 unspecified atom stereocenters. The van der Waals surface area contributed by atoms with E-state index in [0.717, 1.165) is 25.0 Å². The Morgan fingerprint density at radius 2 is 2.29 bits per heavy atom. The van der Waals surface area contributed by atoms with Gasteiger partial charge < -0.3 is 9.84 Å². The highest BCUT2D eigenvalue weighted by molar-refractivity contribution is 4.90. The van der Waals surface area contributed by atoms with E-state index in [2.05, 4.69) is 20.4 Å². The standard InChI is InChI=1S/C12H20N4O/c1-2-6-13-10(3-1)7-16(11-4-5-11)8-12-14-9-15-17-12/h9-11,13H,1-8H2. The topological polar surface area (TPSA) is 54.2 Å². The van der Waals surface area contributed by atoms with E-state index in [9.17, 15) is 0 Å². The molecule has 1 aromatic heterocycles. The Labute approximate surface area is 102 Å². The average molecular weight is 236 g/mol. The Morgan fingerprint density at radius 1 is 1.35 bits per heavy atom. The van der Waals surface area contributed by atoms with Crippen LogP contribution in [0.3, 0.4) is 0 Å². The molecule has 0 amide bonds. The van der Waals surface area contributed by atoms with Gasteiger partial charge in [-0.2, -0.15) is 4.98 Å². The average Bonchev–Trinajstić information content (AvgIpc) is 3.09. The Hall–Kier alpha value is -0.940. The summed E-state index contributed by atoms with van der Waals surface area (Å²) in [5, 5.41) is 7.28. The van der Waals surface area contributed by atoms with Gasteiger partial charge in [0.1, 0.15) is 0 Å². The van der Waals surface area contributed by atoms with Crippen LogP contribution in [0.1, 0.15) is 38.0 Å². The first-order valence-electron chi connectivity index (χ1n) is 6.65. The van der Waals surface area contributed by atoms with Gasteiger partial charge >= 0.3 is 0 Å². The van der Waals surface area contributed by atoms with Crippen LogP contribution >= 0.6 is 0 Å². The molecular formula is C12H20N4O. The number of nitrogens with zero attached hydrogens (tertiary/aromatic N) is 3. The van der Waals surface area contributed by atoms with Crippen LogP contribution in [0.25, 0.3) is 0 Å². The molecule has 5 heteroatoms. The summed E-state index contributed by atoms with van der Waals surface area (Å²) in [4.78, 5) is 6.62. The van der Waals surface area contributed by atoms with E-state index < -0.39 is 0 Å². The lowest BCUT2D eigenvalue weighted by atomic mass is 10.0. The maximum atomic E-state index is 5.11. The number of hydrogen-bond donors (Lipinski definition) is 1. The Morgan fingerprint density at radius 3 is 2.94 bits per heavy atom. The first-order chi connectivity index (χ1) is 8.42. The van der Waals surface area contributed by atoms with Crippen molar-refractivity contribution >= 4 is 0 Å². The summed E-state index contributed by atoms with van der Waals surface area (Å²) in [5.74, 6) is 0.743. The molecule has 0 bridgehead atoms. The van der Waals surface area contributed by atoms with Gasteiger partial charge in [-0.15, -0.1) is 0 Å². The monoisotopic (exact) mass is 236 g/mol. The summed E-state index contributed by atoms with van der Waals surface area (Å²) in [6.45, 7) is 3.10. The van der Waals surface area contributed by atoms with Crippen molar-refractivity contribution in [3.63, 3.8) is 0 Å². The lowest BCUT2D eigenvalue weighted by Crippen LogP contribution is -2.44. The molecular weight excluding hydrogens is 216 g/mol. The second-order valence-corrected chi connectivity index (χ2v) is 5.14. The minimum absolute atomic E-state index is 0.646. The molecule has 1 aliphatic carbocycles. The van der Waals surface area contributed by atoms with Crippen LogP contribution in [0.4, 0.5) is 0 Å². The number of piperidine rings is 1. The van der Waals surface area contributed by atoms with Crippen LogP contribution in [0.5, 0.6) is 0 Å². The van der Waals surface area contributed by atoms with Crippen LogP contribution < -0.4 is 5.32 Å². The van der Waals surface area contributed by atoms with Gasteiger partial charge in [0.05, 0.1) is 6.54 Å². The first-order valence-corrected chi connectivity index (χ1v) is 6.65. The molecule has 17 heavy (non-hydrogen) atoms. The summed E-state index contributed by atoms with van der Waals surface area (Å²) in [5.41, 5.74) is 0. The molecule has 1 saturated carbocycles. The van der Waals surface area contributed by atoms with Gasteiger partial charge in [0.15, 0.2) is 6.33 Å². The Kier molecular flexibility index (Phi) is 3.38. The van der Waals surface area contributed by atoms with Crippen molar-refractivity contribution in [1.82, 2.24) is 20.4 Å². The fraction of sp³-hybridized carbons (Fsp3) is 0.833. The van der Waals surface area contributed by atoms with E-state index >= 15 is 0 Å². The Bertz CT molecular complexity index is 330. The van der Waals surface area contributed by atoms with Gasteiger partial charge in [-0.3, -0.25) is 4.90 Å². The predicted octanol–water partition coefficient (Wildman–Crippen LogP) is 1.18. The van der Waals surface area contributed by atoms with Gasteiger partial charge in [0.25, 0.3) is 0 Å². The maximum absolute atomic E-state index is 5.11. The summed E-state index contributed by atoms with van der Waals surface area (Å²) < 4.78 is 5.11. The van der Waals surface area contributed by atoms with Crippen LogP contribution in [0.2, 0.25) is 0 Å². The number of nitrogens with one attached hydrogen (secondary N) is 1. The van der Waals surface area contributed by atoms with Crippen molar-refractivity contribution in [1.29, 1.82) is 0 Å². The van der Waals surface area contributed by atoms with Crippen LogP contribution in [-0.2, 0) is 6.54 Å². The van der Waals surface area contributed by atoms with E-state index in [1.165, 1.54) is 45.0 Å². The van der Waals surface area contributed by atoms with E-state index in [4.69, 9.17) is 4.52 Å². The third-order valence-corrected chi connectivity index (χ3v) is 3.68. The first kappa shape index (κ1) is 11.2. The number of aromatic nitrogens is 2. The smallest absolute Gasteiger partial charge is 0.240 e. The van der Waals surface area contributed by atoms with Crippen molar-refractivity contribution in [3.8, 4) is 0 Å².